The number of benzene rings is 8. The van der Waals surface area contributed by atoms with Gasteiger partial charge in [-0.05, 0) is 192 Å². The van der Waals surface area contributed by atoms with E-state index in [-0.39, 0.29) is 23.7 Å². The van der Waals surface area contributed by atoms with Gasteiger partial charge in [0.2, 0.25) is 0 Å². The summed E-state index contributed by atoms with van der Waals surface area (Å²) >= 11 is 0. The first-order valence-electron chi connectivity index (χ1n) is 27.8. The van der Waals surface area contributed by atoms with Crippen LogP contribution in [0.1, 0.15) is 256 Å². The third-order valence-electron chi connectivity index (χ3n) is 18.6. The van der Waals surface area contributed by atoms with Gasteiger partial charge in [0.1, 0.15) is 0 Å². The molecule has 0 aromatic heterocycles. The van der Waals surface area contributed by atoms with Crippen LogP contribution in [0.3, 0.4) is 0 Å². The van der Waals surface area contributed by atoms with Crippen LogP contribution >= 0.6 is 0 Å². The van der Waals surface area contributed by atoms with Gasteiger partial charge in [0.25, 0.3) is 0 Å². The first-order chi connectivity index (χ1) is 34.7. The Labute approximate surface area is 431 Å². The van der Waals surface area contributed by atoms with Gasteiger partial charge in [0, 0.05) is 47.3 Å². The number of hydrogen-bond donors (Lipinski definition) is 0. The van der Waals surface area contributed by atoms with Gasteiger partial charge in [-0.15, -0.1) is 0 Å². The molecule has 0 bridgehead atoms. The fraction of sp³-hybridized carbons (Fsp3) is 0.333. The lowest BCUT2D eigenvalue weighted by molar-refractivity contribution is 0.653. The Morgan fingerprint density at radius 3 is 0.472 bits per heavy atom. The van der Waals surface area contributed by atoms with Gasteiger partial charge in [-0.3, -0.25) is 0 Å². The van der Waals surface area contributed by atoms with Crippen molar-refractivity contribution in [3.8, 4) is 0 Å². The van der Waals surface area contributed by atoms with E-state index >= 15 is 0 Å². The van der Waals surface area contributed by atoms with Crippen LogP contribution in [0.5, 0.6) is 0 Å². The van der Waals surface area contributed by atoms with Crippen LogP contribution in [-0.2, 0) is 0 Å². The highest BCUT2D eigenvalue weighted by atomic mass is 14.5. The van der Waals surface area contributed by atoms with Crippen molar-refractivity contribution >= 4 is 0 Å². The molecule has 0 aliphatic heterocycles. The molecule has 4 aliphatic rings. The molecule has 360 valence electrons. The second kappa shape index (κ2) is 16.6. The normalized spacial score (nSPS) is 22.4. The second-order valence-corrected chi connectivity index (χ2v) is 23.7. The largest absolute Gasteiger partial charge is 0.0645 e. The molecule has 0 radical (unpaired) electrons. The average molecular weight is 937 g/mol. The van der Waals surface area contributed by atoms with Gasteiger partial charge in [-0.1, -0.05) is 194 Å². The molecule has 0 unspecified atom stereocenters. The lowest BCUT2D eigenvalue weighted by Gasteiger charge is -2.45. The highest BCUT2D eigenvalue weighted by molar-refractivity contribution is 5.72. The van der Waals surface area contributed by atoms with E-state index in [9.17, 15) is 0 Å². The van der Waals surface area contributed by atoms with Crippen molar-refractivity contribution in [2.45, 2.75) is 156 Å². The maximum atomic E-state index is 2.79. The summed E-state index contributed by atoms with van der Waals surface area (Å²) in [4.78, 5) is 0. The molecule has 0 N–H and O–H groups in total. The molecule has 0 saturated carbocycles. The predicted molar refractivity (Wildman–Crippen MR) is 302 cm³/mol. The lowest BCUT2D eigenvalue weighted by Crippen LogP contribution is -2.29. The quantitative estimate of drug-likeness (QED) is 0.142. The Morgan fingerprint density at radius 2 is 0.333 bits per heavy atom. The van der Waals surface area contributed by atoms with Crippen molar-refractivity contribution in [1.82, 2.24) is 0 Å². The zero-order chi connectivity index (χ0) is 49.8. The highest BCUT2D eigenvalue weighted by Crippen LogP contribution is 2.61. The Kier molecular flexibility index (Phi) is 10.5. The summed E-state index contributed by atoms with van der Waals surface area (Å²) in [7, 11) is 0. The van der Waals surface area contributed by atoms with Crippen molar-refractivity contribution in [2.24, 2.45) is 0 Å². The summed E-state index contributed by atoms with van der Waals surface area (Å²) in [5, 5.41) is 0. The summed E-state index contributed by atoms with van der Waals surface area (Å²) in [6.07, 6.45) is 4.27. The molecular weight excluding hydrogens is 865 g/mol. The third-order valence-corrected chi connectivity index (χ3v) is 18.6. The van der Waals surface area contributed by atoms with E-state index < -0.39 is 0 Å². The van der Waals surface area contributed by atoms with Gasteiger partial charge in [0.05, 0.1) is 0 Å². The summed E-state index contributed by atoms with van der Waals surface area (Å²) in [5.41, 5.74) is 41.1. The van der Waals surface area contributed by atoms with E-state index in [0.29, 0.717) is 23.7 Å². The van der Waals surface area contributed by atoms with Crippen molar-refractivity contribution in [1.29, 1.82) is 0 Å². The molecule has 4 aliphatic carbocycles. The minimum Gasteiger partial charge on any atom is -0.0645 e. The van der Waals surface area contributed by atoms with Crippen LogP contribution in [0.15, 0.2) is 121 Å². The molecule has 0 spiro atoms. The van der Waals surface area contributed by atoms with E-state index in [0.717, 1.165) is 25.7 Å². The summed E-state index contributed by atoms with van der Waals surface area (Å²) in [5.74, 6) is 1.64. The smallest absolute Gasteiger partial charge is 0.0346 e. The van der Waals surface area contributed by atoms with Crippen LogP contribution in [0, 0.1) is 55.4 Å². The Balaban J connectivity index is 1.25. The van der Waals surface area contributed by atoms with Gasteiger partial charge >= 0.3 is 0 Å². The molecule has 8 aromatic carbocycles. The molecule has 8 aromatic rings. The molecule has 0 heterocycles. The van der Waals surface area contributed by atoms with Crippen molar-refractivity contribution in [2.75, 3.05) is 0 Å². The molecular formula is C72H72. The predicted octanol–water partition coefficient (Wildman–Crippen LogP) is 18.6. The molecule has 0 fully saturated rings. The lowest BCUT2D eigenvalue weighted by atomic mass is 9.59. The average Bonchev–Trinajstić information content (AvgIpc) is 3.32. The summed E-state index contributed by atoms with van der Waals surface area (Å²) in [6, 6.07) is 52.0. The summed E-state index contributed by atoms with van der Waals surface area (Å²) < 4.78 is 0. The Morgan fingerprint density at radius 1 is 0.194 bits per heavy atom. The van der Waals surface area contributed by atoms with E-state index in [4.69, 9.17) is 0 Å². The molecule has 0 atom stereocenters. The van der Waals surface area contributed by atoms with Crippen LogP contribution in [0.4, 0.5) is 0 Å². The molecule has 0 nitrogen and oxygen atoms in total. The van der Waals surface area contributed by atoms with Gasteiger partial charge < -0.3 is 0 Å². The Bertz CT molecular complexity index is 2940. The number of aryl methyl sites for hydroxylation is 8. The van der Waals surface area contributed by atoms with E-state index in [2.05, 4.69) is 204 Å². The second-order valence-electron chi connectivity index (χ2n) is 23.7. The maximum Gasteiger partial charge on any atom is 0.0346 e. The van der Waals surface area contributed by atoms with Crippen LogP contribution in [0.2, 0.25) is 0 Å². The molecule has 72 heavy (non-hydrogen) atoms. The van der Waals surface area contributed by atoms with Gasteiger partial charge in [0.15, 0.2) is 0 Å². The van der Waals surface area contributed by atoms with Crippen LogP contribution in [-0.4, -0.2) is 0 Å². The molecule has 0 amide bonds. The first-order valence-corrected chi connectivity index (χ1v) is 27.8. The maximum absolute atomic E-state index is 2.79. The fourth-order valence-corrected chi connectivity index (χ4v) is 16.3. The zero-order valence-corrected chi connectivity index (χ0v) is 45.0. The van der Waals surface area contributed by atoms with Gasteiger partial charge in [-0.2, -0.15) is 0 Å². The zero-order valence-electron chi connectivity index (χ0n) is 45.0. The first kappa shape index (κ1) is 45.6. The number of hydrogen-bond acceptors (Lipinski definition) is 0. The standard InChI is InChI=1S/C72H72/c1-13-49-53-29-55-50(14-2)57-31-59-52(16-4)60-32-58-51(15-3)56-30-54(49)62-34-64(56)71(47-25-41(9)19-42(10)26-47)66(58)36-68(60)72(48-27-43(11)20-44(12)28-48)67(59)35-65(57)70(46-23-39(7)18-40(8)24-46)63(55)33-61(53)69(62)45-21-37(5)17-38(6)22-45/h17-36,49-52,69-72H,13-16H2,1-12H3. The van der Waals surface area contributed by atoms with E-state index in [1.165, 1.54) is 111 Å². The topological polar surface area (TPSA) is 0 Å². The summed E-state index contributed by atoms with van der Waals surface area (Å²) in [6.45, 7) is 28.3. The van der Waals surface area contributed by atoms with Crippen molar-refractivity contribution in [3.05, 3.63) is 277 Å². The van der Waals surface area contributed by atoms with E-state index in [1.54, 1.807) is 44.5 Å². The van der Waals surface area contributed by atoms with Crippen molar-refractivity contribution in [3.63, 3.8) is 0 Å². The number of fused-ring (bicyclic) bond motifs is 8. The van der Waals surface area contributed by atoms with Crippen LogP contribution < -0.4 is 0 Å². The van der Waals surface area contributed by atoms with Crippen LogP contribution in [0.25, 0.3) is 0 Å². The highest BCUT2D eigenvalue weighted by Gasteiger charge is 2.45. The minimum absolute atomic E-state index is 0.108. The number of rotatable bonds is 8. The SMILES string of the molecule is CCC1c2cc3c4cc2C(c2cc(C)cc(C)c2)c2cc5c(cc21)C(CC)c1cc2c(cc1C5c1cc(C)cc(C)c1)C(c1cc(C)cc(C)c1)c1cc(c(cc1C2CC)C3CC)C4c1cc(C)cc(C)c1. The fourth-order valence-electron chi connectivity index (χ4n) is 16.3. The van der Waals surface area contributed by atoms with Crippen molar-refractivity contribution < 1.29 is 0 Å². The molecule has 0 saturated heterocycles. The Hall–Kier alpha value is -6.24. The van der Waals surface area contributed by atoms with E-state index in [1.807, 2.05) is 0 Å². The molecule has 0 heteroatoms. The minimum atomic E-state index is 0.108. The van der Waals surface area contributed by atoms with Gasteiger partial charge in [-0.25, -0.2) is 0 Å². The third kappa shape index (κ3) is 6.69. The molecule has 12 rings (SSSR count). The monoisotopic (exact) mass is 937 g/mol.